The highest BCUT2D eigenvalue weighted by Crippen LogP contribution is 2.40. The van der Waals surface area contributed by atoms with Crippen LogP contribution in [0.5, 0.6) is 11.5 Å². The Bertz CT molecular complexity index is 1660. The number of pyridine rings is 1. The number of carbonyl (C=O) groups is 4. The number of benzene rings is 1. The van der Waals surface area contributed by atoms with Gasteiger partial charge in [-0.2, -0.15) is 13.2 Å². The largest absolute Gasteiger partial charge is 0.488 e. The summed E-state index contributed by atoms with van der Waals surface area (Å²) in [5, 5.41) is 1.72. The van der Waals surface area contributed by atoms with E-state index >= 15 is 0 Å². The molecule has 0 unspecified atom stereocenters. The minimum atomic E-state index is -4.83. The first-order chi connectivity index (χ1) is 23.4. The smallest absolute Gasteiger partial charge is 0.417 e. The lowest BCUT2D eigenvalue weighted by molar-refractivity contribution is -0.159. The third kappa shape index (κ3) is 7.98. The molecule has 0 saturated carbocycles. The molecule has 5 rings (SSSR count). The number of aldehydes is 1. The van der Waals surface area contributed by atoms with Gasteiger partial charge in [0.2, 0.25) is 5.60 Å². The third-order valence-electron chi connectivity index (χ3n) is 8.59. The molecule has 1 aromatic carbocycles. The number of likely N-dealkylation sites (tertiary alicyclic amines) is 1. The van der Waals surface area contributed by atoms with Crippen molar-refractivity contribution in [2.75, 3.05) is 50.8 Å². The summed E-state index contributed by atoms with van der Waals surface area (Å²) >= 11 is 1.39. The van der Waals surface area contributed by atoms with Crippen LogP contribution in [0.25, 0.3) is 0 Å². The maximum atomic E-state index is 14.7. The van der Waals surface area contributed by atoms with Crippen LogP contribution in [0.1, 0.15) is 47.0 Å². The molecule has 49 heavy (non-hydrogen) atoms. The summed E-state index contributed by atoms with van der Waals surface area (Å²) < 4.78 is 59.2. The van der Waals surface area contributed by atoms with Crippen LogP contribution in [-0.4, -0.2) is 96.4 Å². The van der Waals surface area contributed by atoms with Gasteiger partial charge < -0.3 is 33.7 Å². The van der Waals surface area contributed by atoms with Crippen LogP contribution in [0.3, 0.4) is 0 Å². The van der Waals surface area contributed by atoms with E-state index in [1.807, 2.05) is 25.1 Å². The van der Waals surface area contributed by atoms with E-state index in [4.69, 9.17) is 14.2 Å². The van der Waals surface area contributed by atoms with E-state index in [1.165, 1.54) is 23.2 Å². The molecule has 4 heterocycles. The Hall–Kier alpha value is -4.66. The third-order valence-corrected chi connectivity index (χ3v) is 9.43. The molecule has 2 atom stereocenters. The maximum absolute atomic E-state index is 14.7. The Morgan fingerprint density at radius 1 is 1.08 bits per heavy atom. The molecule has 0 radical (unpaired) electrons. The molecule has 0 aliphatic carbocycles. The maximum Gasteiger partial charge on any atom is 0.417 e. The highest BCUT2D eigenvalue weighted by Gasteiger charge is 2.56. The summed E-state index contributed by atoms with van der Waals surface area (Å²) in [7, 11) is 0. The fourth-order valence-corrected chi connectivity index (χ4v) is 7.00. The van der Waals surface area contributed by atoms with Crippen molar-refractivity contribution < 1.29 is 46.6 Å². The molecule has 2 saturated heterocycles. The lowest BCUT2D eigenvalue weighted by atomic mass is 9.80. The molecule has 262 valence electrons. The van der Waals surface area contributed by atoms with Gasteiger partial charge >= 0.3 is 12.1 Å². The number of carbonyl (C=O) groups excluding carboxylic acids is 4. The van der Waals surface area contributed by atoms with Gasteiger partial charge in [0.25, 0.3) is 11.8 Å². The number of thiophene rings is 1. The van der Waals surface area contributed by atoms with Crippen molar-refractivity contribution in [3.63, 3.8) is 0 Å². The van der Waals surface area contributed by atoms with Gasteiger partial charge in [0, 0.05) is 75.1 Å². The van der Waals surface area contributed by atoms with Crippen LogP contribution < -0.4 is 14.4 Å². The highest BCUT2D eigenvalue weighted by atomic mass is 32.1. The van der Waals surface area contributed by atoms with Crippen molar-refractivity contribution >= 4 is 41.1 Å². The first-order valence-electron chi connectivity index (χ1n) is 15.8. The monoisotopic (exact) mass is 702 g/mol. The molecule has 2 fully saturated rings. The number of rotatable bonds is 11. The summed E-state index contributed by atoms with van der Waals surface area (Å²) in [6, 6.07) is 8.67. The van der Waals surface area contributed by atoms with E-state index in [0.29, 0.717) is 30.9 Å². The molecular weight excluding hydrogens is 665 g/mol. The number of piperazine rings is 1. The topological polar surface area (TPSA) is 119 Å². The van der Waals surface area contributed by atoms with E-state index in [-0.39, 0.29) is 52.1 Å². The minimum absolute atomic E-state index is 0.0204. The zero-order chi connectivity index (χ0) is 35.2. The number of anilines is 1. The van der Waals surface area contributed by atoms with Gasteiger partial charge in [-0.1, -0.05) is 12.1 Å². The van der Waals surface area contributed by atoms with Gasteiger partial charge in [-0.05, 0) is 37.6 Å². The number of amides is 2. The molecular formula is C34H37F3N4O7S. The minimum Gasteiger partial charge on any atom is -0.488 e. The number of aromatic nitrogens is 1. The van der Waals surface area contributed by atoms with Crippen LogP contribution in [0.4, 0.5) is 18.9 Å². The molecule has 0 bridgehead atoms. The Morgan fingerprint density at radius 2 is 1.84 bits per heavy atom. The van der Waals surface area contributed by atoms with Crippen molar-refractivity contribution in [2.24, 2.45) is 0 Å². The van der Waals surface area contributed by atoms with Crippen LogP contribution in [-0.2, 0) is 25.3 Å². The number of para-hydroxylation sites is 2. The van der Waals surface area contributed by atoms with E-state index < -0.39 is 46.7 Å². The Labute approximate surface area is 285 Å². The summed E-state index contributed by atoms with van der Waals surface area (Å²) in [6.07, 6.45) is -2.39. The molecule has 2 aliphatic heterocycles. The number of ether oxygens (including phenoxy) is 3. The summed E-state index contributed by atoms with van der Waals surface area (Å²) in [5.74, 6) is -0.879. The van der Waals surface area contributed by atoms with Crippen molar-refractivity contribution in [2.45, 2.75) is 50.9 Å². The normalized spacial score (nSPS) is 19.7. The second kappa shape index (κ2) is 15.3. The Kier molecular flexibility index (Phi) is 11.1. The van der Waals surface area contributed by atoms with Gasteiger partial charge in [0.05, 0.1) is 22.9 Å². The average molecular weight is 703 g/mol. The van der Waals surface area contributed by atoms with Crippen LogP contribution in [0.2, 0.25) is 0 Å². The molecule has 2 amide bonds. The van der Waals surface area contributed by atoms with Crippen molar-refractivity contribution in [1.29, 1.82) is 0 Å². The number of hydrogen-bond donors (Lipinski definition) is 0. The van der Waals surface area contributed by atoms with Crippen LogP contribution in [0.15, 0.2) is 54.2 Å². The molecule has 15 heteroatoms. The van der Waals surface area contributed by atoms with Gasteiger partial charge in [0.1, 0.15) is 31.0 Å². The summed E-state index contributed by atoms with van der Waals surface area (Å²) in [6.45, 7) is 4.81. The first kappa shape index (κ1) is 35.6. The lowest BCUT2D eigenvalue weighted by Crippen LogP contribution is -2.69. The average Bonchev–Trinajstić information content (AvgIpc) is 3.50. The predicted octanol–water partition coefficient (Wildman–Crippen LogP) is 4.77. The van der Waals surface area contributed by atoms with Crippen LogP contribution >= 0.6 is 11.3 Å². The Morgan fingerprint density at radius 3 is 2.51 bits per heavy atom. The number of piperidine rings is 1. The second-order valence-electron chi connectivity index (χ2n) is 11.8. The van der Waals surface area contributed by atoms with Gasteiger partial charge in [-0.25, -0.2) is 0 Å². The first-order valence-corrected chi connectivity index (χ1v) is 16.7. The SMILES string of the molecule is CC(=O)OCCOc1ccccc1N1CCN(C(=O)[C@]2(Oc3csc(C)c3)CCCN(C(=O)c3cnccc3C(F)(F)F)[C@@H]2CC=O)CC1. The van der Waals surface area contributed by atoms with Crippen molar-refractivity contribution in [3.8, 4) is 11.5 Å². The molecule has 0 N–H and O–H groups in total. The number of esters is 1. The van der Waals surface area contributed by atoms with E-state index in [0.717, 1.165) is 29.0 Å². The second-order valence-corrected chi connectivity index (χ2v) is 12.9. The standard InChI is InChI=1S/C34H37F3N4O7S/c1-23-20-25(22-49-23)48-33(10-5-12-41(30(33)9-17-42)31(44)26-21-38-11-8-27(26)34(35,36)37)32(45)40-15-13-39(14-16-40)28-6-3-4-7-29(28)47-19-18-46-24(2)43/h3-4,6-8,11,17,20-22,30H,5,9-10,12-16,18-19H2,1-2H3/t30-,33+/m1/s1. The van der Waals surface area contributed by atoms with Crippen molar-refractivity contribution in [3.05, 3.63) is 70.2 Å². The van der Waals surface area contributed by atoms with Gasteiger partial charge in [-0.15, -0.1) is 11.3 Å². The molecule has 0 spiro atoms. The number of nitrogens with zero attached hydrogens (tertiary/aromatic N) is 4. The zero-order valence-electron chi connectivity index (χ0n) is 27.1. The fourth-order valence-electron chi connectivity index (χ4n) is 6.40. The zero-order valence-corrected chi connectivity index (χ0v) is 27.9. The van der Waals surface area contributed by atoms with Gasteiger partial charge in [0.15, 0.2) is 0 Å². The molecule has 2 aliphatic rings. The lowest BCUT2D eigenvalue weighted by Gasteiger charge is -2.50. The number of aryl methyl sites for hydroxylation is 1. The predicted molar refractivity (Wildman–Crippen MR) is 174 cm³/mol. The highest BCUT2D eigenvalue weighted by molar-refractivity contribution is 7.10. The molecule has 2 aromatic heterocycles. The molecule has 11 nitrogen and oxygen atoms in total. The van der Waals surface area contributed by atoms with E-state index in [1.54, 1.807) is 22.4 Å². The van der Waals surface area contributed by atoms with Crippen molar-refractivity contribution in [1.82, 2.24) is 14.8 Å². The fraction of sp³-hybridized carbons (Fsp3) is 0.441. The number of halogens is 3. The van der Waals surface area contributed by atoms with E-state index in [9.17, 15) is 32.3 Å². The van der Waals surface area contributed by atoms with E-state index in [2.05, 4.69) is 9.88 Å². The summed E-state index contributed by atoms with van der Waals surface area (Å²) in [5.41, 5.74) is -2.77. The van der Waals surface area contributed by atoms with Gasteiger partial charge in [-0.3, -0.25) is 19.4 Å². The summed E-state index contributed by atoms with van der Waals surface area (Å²) in [4.78, 5) is 61.4. The number of alkyl halides is 3. The molecule has 3 aromatic rings. The number of hydrogen-bond acceptors (Lipinski definition) is 10. The van der Waals surface area contributed by atoms with Crippen LogP contribution in [0, 0.1) is 6.92 Å². The Balaban J connectivity index is 1.42. The quantitative estimate of drug-likeness (QED) is 0.158.